The minimum Gasteiger partial charge on any atom is -0.497 e. The van der Waals surface area contributed by atoms with Gasteiger partial charge in [0.15, 0.2) is 6.04 Å². The van der Waals surface area contributed by atoms with Crippen molar-refractivity contribution in [2.75, 3.05) is 13.7 Å². The Balaban J connectivity index is 1.45. The first-order valence-electron chi connectivity index (χ1n) is 10.3. The minimum absolute atomic E-state index is 0.0966. The molecule has 3 rings (SSSR count). The number of carbonyl (C=O) groups is 2. The lowest BCUT2D eigenvalue weighted by Crippen LogP contribution is -2.59. The fraction of sp³-hybridized carbons (Fsp3) is 0.636. The molecule has 1 aromatic rings. The number of esters is 1. The average Bonchev–Trinajstić information content (AvgIpc) is 2.67. The van der Waals surface area contributed by atoms with E-state index in [1.807, 2.05) is 24.3 Å². The van der Waals surface area contributed by atoms with E-state index in [0.717, 1.165) is 11.3 Å². The zero-order valence-electron chi connectivity index (χ0n) is 18.0. The molecule has 1 amide bonds. The smallest absolute Gasteiger partial charge is 0.408 e. The predicted molar refractivity (Wildman–Crippen MR) is 108 cm³/mol. The van der Waals surface area contributed by atoms with Crippen molar-refractivity contribution in [3.63, 3.8) is 0 Å². The molecule has 2 aliphatic rings. The number of amides is 1. The fourth-order valence-corrected chi connectivity index (χ4v) is 3.61. The molecule has 0 spiro atoms. The number of methoxy groups -OCH3 is 1. The van der Waals surface area contributed by atoms with Gasteiger partial charge in [0.2, 0.25) is 0 Å². The van der Waals surface area contributed by atoms with Gasteiger partial charge in [-0.1, -0.05) is 12.1 Å². The summed E-state index contributed by atoms with van der Waals surface area (Å²) in [6, 6.07) is 6.87. The number of nitrogens with one attached hydrogen (secondary N) is 1. The van der Waals surface area contributed by atoms with E-state index >= 15 is 0 Å². The third-order valence-electron chi connectivity index (χ3n) is 4.98. The van der Waals surface area contributed by atoms with Crippen molar-refractivity contribution >= 4 is 12.1 Å². The van der Waals surface area contributed by atoms with Gasteiger partial charge in [-0.3, -0.25) is 0 Å². The van der Waals surface area contributed by atoms with Crippen LogP contribution < -0.4 is 10.1 Å². The van der Waals surface area contributed by atoms with Crippen LogP contribution in [0.25, 0.3) is 0 Å². The Morgan fingerprint density at radius 2 is 1.93 bits per heavy atom. The number of carbonyl (C=O) groups excluding carboxylic acids is 2. The van der Waals surface area contributed by atoms with E-state index < -0.39 is 29.8 Å². The van der Waals surface area contributed by atoms with Crippen molar-refractivity contribution in [1.29, 1.82) is 0 Å². The molecule has 166 valence electrons. The van der Waals surface area contributed by atoms with Gasteiger partial charge in [-0.15, -0.1) is 0 Å². The Labute approximate surface area is 177 Å². The fourth-order valence-electron chi connectivity index (χ4n) is 3.61. The molecule has 0 unspecified atom stereocenters. The second-order valence-corrected chi connectivity index (χ2v) is 8.64. The Kier molecular flexibility index (Phi) is 7.20. The van der Waals surface area contributed by atoms with Crippen LogP contribution in [0.2, 0.25) is 0 Å². The maximum absolute atomic E-state index is 12.3. The molecule has 1 N–H and O–H groups in total. The molecular formula is C22H31NO7. The van der Waals surface area contributed by atoms with E-state index in [1.54, 1.807) is 27.9 Å². The van der Waals surface area contributed by atoms with Crippen LogP contribution in [0.5, 0.6) is 5.75 Å². The molecule has 0 radical (unpaired) electrons. The molecule has 2 fully saturated rings. The number of benzene rings is 1. The van der Waals surface area contributed by atoms with Crippen molar-refractivity contribution in [3.05, 3.63) is 29.8 Å². The monoisotopic (exact) mass is 421 g/mol. The third-order valence-corrected chi connectivity index (χ3v) is 4.98. The summed E-state index contributed by atoms with van der Waals surface area (Å²) in [5.41, 5.74) is 0.412. The van der Waals surface area contributed by atoms with Gasteiger partial charge in [0.05, 0.1) is 25.9 Å². The Hall–Kier alpha value is -2.32. The van der Waals surface area contributed by atoms with Crippen LogP contribution in [0.4, 0.5) is 4.79 Å². The third kappa shape index (κ3) is 6.34. The van der Waals surface area contributed by atoms with E-state index in [9.17, 15) is 9.59 Å². The molecule has 2 heterocycles. The quantitative estimate of drug-likeness (QED) is 0.534. The molecule has 8 heteroatoms. The topological polar surface area (TPSA) is 92.3 Å². The summed E-state index contributed by atoms with van der Waals surface area (Å²) >= 11 is 0. The molecule has 4 atom stereocenters. The van der Waals surface area contributed by atoms with E-state index in [0.29, 0.717) is 32.5 Å². The summed E-state index contributed by atoms with van der Waals surface area (Å²) in [7, 11) is 1.63. The molecule has 8 nitrogen and oxygen atoms in total. The first-order chi connectivity index (χ1) is 14.2. The van der Waals surface area contributed by atoms with Gasteiger partial charge in [0, 0.05) is 19.4 Å². The Morgan fingerprint density at radius 3 is 2.60 bits per heavy atom. The van der Waals surface area contributed by atoms with Crippen LogP contribution in [0.15, 0.2) is 24.3 Å². The number of hydrogen-bond donors (Lipinski definition) is 1. The molecule has 1 aromatic carbocycles. The summed E-state index contributed by atoms with van der Waals surface area (Å²) in [5, 5.41) is 2.60. The first-order valence-corrected chi connectivity index (χ1v) is 10.3. The standard InChI is InChI=1S/C22H31NO7/c1-22(2,3)30-21(25)23-19-18-12-17(29-20(19)24)11-16(28-18)9-10-27-13-14-5-7-15(26-4)8-6-14/h5-8,16-19H,9-13H2,1-4H3,(H,23,25)/t16-,17-,18-,19-/m1/s1. The number of alkyl carbamates (subject to hydrolysis) is 1. The number of ether oxygens (including phenoxy) is 5. The molecule has 30 heavy (non-hydrogen) atoms. The highest BCUT2D eigenvalue weighted by atomic mass is 16.6. The van der Waals surface area contributed by atoms with Crippen molar-refractivity contribution in [2.24, 2.45) is 0 Å². The van der Waals surface area contributed by atoms with Crippen LogP contribution in [-0.2, 0) is 30.3 Å². The van der Waals surface area contributed by atoms with Crippen LogP contribution in [0, 0.1) is 0 Å². The Morgan fingerprint density at radius 1 is 1.20 bits per heavy atom. The molecule has 0 aromatic heterocycles. The lowest BCUT2D eigenvalue weighted by molar-refractivity contribution is -0.192. The van der Waals surface area contributed by atoms with Crippen LogP contribution in [-0.4, -0.2) is 55.7 Å². The highest BCUT2D eigenvalue weighted by Gasteiger charge is 2.45. The molecule has 2 aliphatic heterocycles. The van der Waals surface area contributed by atoms with E-state index in [-0.39, 0.29) is 12.2 Å². The molecular weight excluding hydrogens is 390 g/mol. The number of hydrogen-bond acceptors (Lipinski definition) is 7. The summed E-state index contributed by atoms with van der Waals surface area (Å²) in [4.78, 5) is 24.3. The van der Waals surface area contributed by atoms with Crippen LogP contribution >= 0.6 is 0 Å². The van der Waals surface area contributed by atoms with Crippen molar-refractivity contribution < 1.29 is 33.3 Å². The highest BCUT2D eigenvalue weighted by Crippen LogP contribution is 2.31. The second kappa shape index (κ2) is 9.66. The molecule has 2 bridgehead atoms. The van der Waals surface area contributed by atoms with Crippen LogP contribution in [0.1, 0.15) is 45.6 Å². The maximum atomic E-state index is 12.3. The summed E-state index contributed by atoms with van der Waals surface area (Å²) in [6.07, 6.45) is 0.503. The number of fused-ring (bicyclic) bond motifs is 2. The predicted octanol–water partition coefficient (Wildman–Crippen LogP) is 2.97. The first kappa shape index (κ1) is 22.4. The minimum atomic E-state index is -0.862. The lowest BCUT2D eigenvalue weighted by atomic mass is 9.92. The van der Waals surface area contributed by atoms with Gasteiger partial charge in [-0.05, 0) is 44.9 Å². The highest BCUT2D eigenvalue weighted by molar-refractivity contribution is 5.83. The van der Waals surface area contributed by atoms with Crippen molar-refractivity contribution in [1.82, 2.24) is 5.32 Å². The number of rotatable bonds is 7. The van der Waals surface area contributed by atoms with E-state index in [1.165, 1.54) is 0 Å². The SMILES string of the molecule is COc1ccc(COCC[C@@H]2C[C@@H]3C[C@@H](O2)[C@@H](NC(=O)OC(C)(C)C)C(=O)O3)cc1. The van der Waals surface area contributed by atoms with Gasteiger partial charge < -0.3 is 29.0 Å². The molecule has 0 saturated carbocycles. The molecule has 0 aliphatic carbocycles. The lowest BCUT2D eigenvalue weighted by Gasteiger charge is -2.42. The van der Waals surface area contributed by atoms with E-state index in [4.69, 9.17) is 23.7 Å². The van der Waals surface area contributed by atoms with Crippen LogP contribution in [0.3, 0.4) is 0 Å². The normalized spacial score (nSPS) is 25.9. The maximum Gasteiger partial charge on any atom is 0.408 e. The van der Waals surface area contributed by atoms with Gasteiger partial charge in [-0.2, -0.15) is 0 Å². The summed E-state index contributed by atoms with van der Waals surface area (Å²) in [6.45, 7) is 6.32. The van der Waals surface area contributed by atoms with Crippen molar-refractivity contribution in [2.45, 2.75) is 76.6 Å². The van der Waals surface area contributed by atoms with Gasteiger partial charge in [-0.25, -0.2) is 9.59 Å². The van der Waals surface area contributed by atoms with Crippen molar-refractivity contribution in [3.8, 4) is 5.75 Å². The largest absolute Gasteiger partial charge is 0.497 e. The van der Waals surface area contributed by atoms with Gasteiger partial charge >= 0.3 is 12.1 Å². The zero-order chi connectivity index (χ0) is 21.7. The van der Waals surface area contributed by atoms with Gasteiger partial charge in [0.1, 0.15) is 17.5 Å². The Bertz CT molecular complexity index is 728. The van der Waals surface area contributed by atoms with Gasteiger partial charge in [0.25, 0.3) is 0 Å². The van der Waals surface area contributed by atoms with E-state index in [2.05, 4.69) is 5.32 Å². The second-order valence-electron chi connectivity index (χ2n) is 8.64. The zero-order valence-corrected chi connectivity index (χ0v) is 18.0. The average molecular weight is 421 g/mol. The summed E-state index contributed by atoms with van der Waals surface area (Å²) in [5.74, 6) is 0.335. The summed E-state index contributed by atoms with van der Waals surface area (Å²) < 4.78 is 27.7. The molecule has 2 saturated heterocycles.